The molecule has 4 atom stereocenters. The Labute approximate surface area is 115 Å². The number of allylic oxidation sites excluding steroid dienone is 2. The Hall–Kier alpha value is -1.62. The van der Waals surface area contributed by atoms with Crippen LogP contribution < -0.4 is 10.4 Å². The Bertz CT molecular complexity index is 523. The predicted octanol–water partition coefficient (Wildman–Crippen LogP) is 0.552. The van der Waals surface area contributed by atoms with Crippen molar-refractivity contribution in [1.29, 1.82) is 0 Å². The minimum atomic E-state index is -1.10. The molecule has 1 heterocycles. The number of rotatable bonds is 4. The largest absolute Gasteiger partial charge is 0.550 e. The Balaban J connectivity index is 1.68. The van der Waals surface area contributed by atoms with Crippen molar-refractivity contribution >= 4 is 23.2 Å². The number of carboxylic acids is 1. The summed E-state index contributed by atoms with van der Waals surface area (Å²) in [5.74, 6) is -2.39. The summed E-state index contributed by atoms with van der Waals surface area (Å²) in [4.78, 5) is 24.5. The van der Waals surface area contributed by atoms with Crippen LogP contribution in [0.1, 0.15) is 11.3 Å². The summed E-state index contributed by atoms with van der Waals surface area (Å²) in [7, 11) is 0. The van der Waals surface area contributed by atoms with E-state index in [-0.39, 0.29) is 17.7 Å². The number of carbonyl (C=O) groups excluding carboxylic acids is 2. The van der Waals surface area contributed by atoms with E-state index in [1.807, 2.05) is 29.7 Å². The lowest BCUT2D eigenvalue weighted by molar-refractivity contribution is -0.313. The van der Waals surface area contributed by atoms with Crippen LogP contribution in [0.5, 0.6) is 0 Å². The van der Waals surface area contributed by atoms with Crippen molar-refractivity contribution < 1.29 is 14.7 Å². The van der Waals surface area contributed by atoms with Gasteiger partial charge in [-0.1, -0.05) is 18.2 Å². The van der Waals surface area contributed by atoms with E-state index in [1.165, 1.54) is 0 Å². The average Bonchev–Trinajstić information content (AvgIpc) is 3.10. The van der Waals surface area contributed by atoms with E-state index in [2.05, 4.69) is 5.32 Å². The van der Waals surface area contributed by atoms with Crippen LogP contribution in [0.3, 0.4) is 0 Å². The molecule has 1 N–H and O–H groups in total. The highest BCUT2D eigenvalue weighted by Gasteiger charge is 2.48. The zero-order valence-corrected chi connectivity index (χ0v) is 11.1. The van der Waals surface area contributed by atoms with Crippen molar-refractivity contribution in [3.8, 4) is 0 Å². The van der Waals surface area contributed by atoms with Gasteiger partial charge in [-0.2, -0.15) is 0 Å². The smallest absolute Gasteiger partial charge is 0.224 e. The summed E-state index contributed by atoms with van der Waals surface area (Å²) in [5.41, 5.74) is 0. The van der Waals surface area contributed by atoms with E-state index in [1.54, 1.807) is 11.3 Å². The van der Waals surface area contributed by atoms with Gasteiger partial charge in [-0.15, -0.1) is 11.3 Å². The van der Waals surface area contributed by atoms with E-state index in [0.717, 1.165) is 11.3 Å². The molecule has 100 valence electrons. The van der Waals surface area contributed by atoms with Gasteiger partial charge in [-0.05, 0) is 29.7 Å². The van der Waals surface area contributed by atoms with Gasteiger partial charge in [0, 0.05) is 16.8 Å². The molecule has 0 aromatic carbocycles. The zero-order chi connectivity index (χ0) is 13.4. The third-order valence-electron chi connectivity index (χ3n) is 4.05. The first-order valence-corrected chi connectivity index (χ1v) is 7.24. The quantitative estimate of drug-likeness (QED) is 0.817. The fourth-order valence-electron chi connectivity index (χ4n) is 3.21. The molecule has 19 heavy (non-hydrogen) atoms. The molecular formula is C14H14NO3S-. The van der Waals surface area contributed by atoms with Gasteiger partial charge in [-0.3, -0.25) is 4.79 Å². The summed E-state index contributed by atoms with van der Waals surface area (Å²) in [6.45, 7) is 0.466. The fourth-order valence-corrected chi connectivity index (χ4v) is 3.85. The van der Waals surface area contributed by atoms with Crippen molar-refractivity contribution in [3.05, 3.63) is 34.5 Å². The molecule has 1 aromatic heterocycles. The van der Waals surface area contributed by atoms with Crippen molar-refractivity contribution in [2.45, 2.75) is 13.0 Å². The standard InChI is InChI=1S/C14H15NO3S/c16-13(15-7-10-2-1-5-19-10)11-8-3-4-9(6-8)12(11)14(17)18/h1-5,8-9,11-12H,6-7H2,(H,15,16)(H,17,18)/p-1/t8-,9+,11+,12+/m1/s1. The van der Waals surface area contributed by atoms with Crippen LogP contribution in [0.2, 0.25) is 0 Å². The Morgan fingerprint density at radius 1 is 1.32 bits per heavy atom. The Morgan fingerprint density at radius 2 is 2.05 bits per heavy atom. The van der Waals surface area contributed by atoms with Gasteiger partial charge >= 0.3 is 0 Å². The minimum Gasteiger partial charge on any atom is -0.550 e. The van der Waals surface area contributed by atoms with Gasteiger partial charge in [0.1, 0.15) is 0 Å². The molecule has 3 rings (SSSR count). The number of nitrogens with one attached hydrogen (secondary N) is 1. The molecule has 1 saturated carbocycles. The second-order valence-electron chi connectivity index (χ2n) is 5.12. The summed E-state index contributed by atoms with van der Waals surface area (Å²) in [5, 5.41) is 16.0. The molecule has 0 saturated heterocycles. The lowest BCUT2D eigenvalue weighted by Crippen LogP contribution is -2.44. The lowest BCUT2D eigenvalue weighted by Gasteiger charge is -2.27. The maximum absolute atomic E-state index is 12.2. The van der Waals surface area contributed by atoms with E-state index in [0.29, 0.717) is 6.54 Å². The molecule has 2 aliphatic carbocycles. The molecule has 0 unspecified atom stereocenters. The molecule has 0 aliphatic heterocycles. The molecule has 1 fully saturated rings. The molecule has 2 aliphatic rings. The minimum absolute atomic E-state index is 0.0347. The van der Waals surface area contributed by atoms with Gasteiger partial charge in [0.05, 0.1) is 12.5 Å². The Morgan fingerprint density at radius 3 is 2.68 bits per heavy atom. The van der Waals surface area contributed by atoms with Crippen LogP contribution in [-0.2, 0) is 16.1 Å². The number of aliphatic carboxylic acids is 1. The number of hydrogen-bond acceptors (Lipinski definition) is 4. The second kappa shape index (κ2) is 4.81. The summed E-state index contributed by atoms with van der Waals surface area (Å²) >= 11 is 1.57. The van der Waals surface area contributed by atoms with Gasteiger partial charge in [0.15, 0.2) is 0 Å². The van der Waals surface area contributed by atoms with Crippen LogP contribution in [-0.4, -0.2) is 11.9 Å². The fraction of sp³-hybridized carbons (Fsp3) is 0.429. The van der Waals surface area contributed by atoms with Crippen LogP contribution in [0.4, 0.5) is 0 Å². The highest BCUT2D eigenvalue weighted by Crippen LogP contribution is 2.47. The van der Waals surface area contributed by atoms with Crippen molar-refractivity contribution in [2.24, 2.45) is 23.7 Å². The number of carbonyl (C=O) groups is 2. The summed E-state index contributed by atoms with van der Waals surface area (Å²) in [6.07, 6.45) is 4.64. The third-order valence-corrected chi connectivity index (χ3v) is 4.93. The van der Waals surface area contributed by atoms with E-state index in [4.69, 9.17) is 0 Å². The maximum Gasteiger partial charge on any atom is 0.224 e. The molecular weight excluding hydrogens is 262 g/mol. The van der Waals surface area contributed by atoms with Crippen LogP contribution in [0.15, 0.2) is 29.7 Å². The molecule has 5 heteroatoms. The first-order valence-electron chi connectivity index (χ1n) is 6.36. The van der Waals surface area contributed by atoms with E-state index in [9.17, 15) is 14.7 Å². The molecule has 2 bridgehead atoms. The second-order valence-corrected chi connectivity index (χ2v) is 6.15. The maximum atomic E-state index is 12.2. The van der Waals surface area contributed by atoms with Crippen LogP contribution in [0.25, 0.3) is 0 Å². The molecule has 1 amide bonds. The first-order chi connectivity index (χ1) is 9.16. The number of thiophene rings is 1. The van der Waals surface area contributed by atoms with Crippen molar-refractivity contribution in [1.82, 2.24) is 5.32 Å². The van der Waals surface area contributed by atoms with Crippen molar-refractivity contribution in [3.63, 3.8) is 0 Å². The average molecular weight is 276 g/mol. The van der Waals surface area contributed by atoms with E-state index >= 15 is 0 Å². The monoisotopic (exact) mass is 276 g/mol. The van der Waals surface area contributed by atoms with Crippen molar-refractivity contribution in [2.75, 3.05) is 0 Å². The molecule has 0 radical (unpaired) electrons. The van der Waals surface area contributed by atoms with Gasteiger partial charge in [-0.25, -0.2) is 0 Å². The number of hydrogen-bond donors (Lipinski definition) is 1. The molecule has 4 nitrogen and oxygen atoms in total. The number of carboxylic acid groups (broad SMARTS) is 1. The number of fused-ring (bicyclic) bond motifs is 2. The van der Waals surface area contributed by atoms with Gasteiger partial charge < -0.3 is 15.2 Å². The molecule has 1 aromatic rings. The highest BCUT2D eigenvalue weighted by molar-refractivity contribution is 7.09. The topological polar surface area (TPSA) is 69.2 Å². The summed E-state index contributed by atoms with van der Waals surface area (Å²) in [6, 6.07) is 3.87. The van der Waals surface area contributed by atoms with Crippen LogP contribution in [0, 0.1) is 23.7 Å². The zero-order valence-electron chi connectivity index (χ0n) is 10.2. The molecule has 0 spiro atoms. The van der Waals surface area contributed by atoms with Gasteiger partial charge in [0.2, 0.25) is 5.91 Å². The lowest BCUT2D eigenvalue weighted by atomic mass is 9.82. The Kier molecular flexibility index (Phi) is 3.14. The highest BCUT2D eigenvalue weighted by atomic mass is 32.1. The van der Waals surface area contributed by atoms with Gasteiger partial charge in [0.25, 0.3) is 0 Å². The van der Waals surface area contributed by atoms with E-state index < -0.39 is 17.8 Å². The predicted molar refractivity (Wildman–Crippen MR) is 68.9 cm³/mol. The van der Waals surface area contributed by atoms with Crippen LogP contribution >= 0.6 is 11.3 Å². The normalized spacial score (nSPS) is 31.6. The number of amides is 1. The first kappa shape index (κ1) is 12.4. The SMILES string of the molecule is O=C(NCc1cccs1)[C@@H]1[C@@H](C(=O)[O-])[C@H]2C=C[C@@H]1C2. The summed E-state index contributed by atoms with van der Waals surface area (Å²) < 4.78 is 0. The third kappa shape index (κ3) is 2.18.